The van der Waals surface area contributed by atoms with E-state index in [1.807, 2.05) is 6.92 Å². The van der Waals surface area contributed by atoms with Crippen molar-refractivity contribution in [1.82, 2.24) is 4.98 Å². The maximum atomic E-state index is 11.5. The van der Waals surface area contributed by atoms with Crippen molar-refractivity contribution in [3.63, 3.8) is 0 Å². The van der Waals surface area contributed by atoms with E-state index in [0.717, 1.165) is 6.42 Å². The number of carboxylic acid groups (broad SMARTS) is 1. The lowest BCUT2D eigenvalue weighted by Gasteiger charge is -2.04. The van der Waals surface area contributed by atoms with Crippen LogP contribution in [0.2, 0.25) is 0 Å². The van der Waals surface area contributed by atoms with Gasteiger partial charge < -0.3 is 10.4 Å². The summed E-state index contributed by atoms with van der Waals surface area (Å²) in [5.74, 6) is 5.02. The van der Waals surface area contributed by atoms with Crippen molar-refractivity contribution in [2.45, 2.75) is 32.6 Å². The van der Waals surface area contributed by atoms with E-state index in [1.165, 1.54) is 0 Å². The summed E-state index contributed by atoms with van der Waals surface area (Å²) in [6.45, 7) is 1.92. The summed E-state index contributed by atoms with van der Waals surface area (Å²) in [4.78, 5) is 25.9. The van der Waals surface area contributed by atoms with E-state index in [9.17, 15) is 9.59 Å². The molecular weight excluding hydrogens is 244 g/mol. The van der Waals surface area contributed by atoms with Gasteiger partial charge in [0.25, 0.3) is 0 Å². The zero-order valence-corrected chi connectivity index (χ0v) is 10.8. The van der Waals surface area contributed by atoms with Gasteiger partial charge in [0.1, 0.15) is 5.82 Å². The van der Waals surface area contributed by atoms with Gasteiger partial charge in [-0.2, -0.15) is 0 Å². The van der Waals surface area contributed by atoms with E-state index in [1.54, 1.807) is 18.3 Å². The minimum Gasteiger partial charge on any atom is -0.481 e. The second-order valence-electron chi connectivity index (χ2n) is 3.89. The van der Waals surface area contributed by atoms with Gasteiger partial charge in [-0.25, -0.2) is 4.98 Å². The van der Waals surface area contributed by atoms with E-state index in [-0.39, 0.29) is 18.7 Å². The van der Waals surface area contributed by atoms with Crippen molar-refractivity contribution in [3.05, 3.63) is 23.9 Å². The summed E-state index contributed by atoms with van der Waals surface area (Å²) >= 11 is 0. The molecule has 0 saturated carbocycles. The molecule has 0 fully saturated rings. The smallest absolute Gasteiger partial charge is 0.304 e. The molecule has 5 heteroatoms. The van der Waals surface area contributed by atoms with Crippen LogP contribution >= 0.6 is 0 Å². The third-order valence-corrected chi connectivity index (χ3v) is 2.23. The first-order chi connectivity index (χ1) is 9.13. The number of carboxylic acids is 1. The number of nitrogens with zero attached hydrogens (tertiary/aromatic N) is 1. The molecule has 0 atom stereocenters. The molecule has 0 spiro atoms. The molecular formula is C14H16N2O3. The molecule has 1 aromatic heterocycles. The van der Waals surface area contributed by atoms with Crippen molar-refractivity contribution < 1.29 is 14.7 Å². The predicted molar refractivity (Wildman–Crippen MR) is 71.5 cm³/mol. The summed E-state index contributed by atoms with van der Waals surface area (Å²) in [5, 5.41) is 11.2. The maximum absolute atomic E-state index is 11.5. The largest absolute Gasteiger partial charge is 0.481 e. The number of hydrogen-bond donors (Lipinski definition) is 2. The van der Waals surface area contributed by atoms with Crippen LogP contribution in [0.4, 0.5) is 5.82 Å². The maximum Gasteiger partial charge on any atom is 0.304 e. The normalized spacial score (nSPS) is 9.32. The number of hydrogen-bond acceptors (Lipinski definition) is 3. The fourth-order valence-electron chi connectivity index (χ4n) is 1.35. The Morgan fingerprint density at radius 3 is 2.89 bits per heavy atom. The first-order valence-electron chi connectivity index (χ1n) is 6.09. The molecule has 100 valence electrons. The first-order valence-corrected chi connectivity index (χ1v) is 6.09. The lowest BCUT2D eigenvalue weighted by atomic mass is 10.2. The van der Waals surface area contributed by atoms with Crippen LogP contribution in [-0.4, -0.2) is 22.0 Å². The number of carbonyl (C=O) groups is 2. The van der Waals surface area contributed by atoms with Crippen molar-refractivity contribution in [2.75, 3.05) is 5.32 Å². The SMILES string of the molecule is CCCC(=O)Nc1ncccc1C#CCCC(=O)O. The molecule has 1 aromatic rings. The molecule has 0 radical (unpaired) electrons. The van der Waals surface area contributed by atoms with Crippen molar-refractivity contribution >= 4 is 17.7 Å². The third-order valence-electron chi connectivity index (χ3n) is 2.23. The van der Waals surface area contributed by atoms with E-state index in [2.05, 4.69) is 22.1 Å². The average molecular weight is 260 g/mol. The lowest BCUT2D eigenvalue weighted by Crippen LogP contribution is -2.12. The van der Waals surface area contributed by atoms with Crippen LogP contribution < -0.4 is 5.32 Å². The Hall–Kier alpha value is -2.35. The summed E-state index contributed by atoms with van der Waals surface area (Å²) in [5.41, 5.74) is 0.595. The van der Waals surface area contributed by atoms with Crippen LogP contribution in [0.15, 0.2) is 18.3 Å². The fraction of sp³-hybridized carbons (Fsp3) is 0.357. The Kier molecular flexibility index (Phi) is 6.10. The highest BCUT2D eigenvalue weighted by Crippen LogP contribution is 2.10. The highest BCUT2D eigenvalue weighted by Gasteiger charge is 2.05. The number of anilines is 1. The van der Waals surface area contributed by atoms with Crippen LogP contribution in [-0.2, 0) is 9.59 Å². The number of nitrogens with one attached hydrogen (secondary N) is 1. The highest BCUT2D eigenvalue weighted by atomic mass is 16.4. The molecule has 5 nitrogen and oxygen atoms in total. The second kappa shape index (κ2) is 7.88. The van der Waals surface area contributed by atoms with Gasteiger partial charge in [-0.05, 0) is 18.6 Å². The molecule has 1 heterocycles. The van der Waals surface area contributed by atoms with Gasteiger partial charge >= 0.3 is 5.97 Å². The highest BCUT2D eigenvalue weighted by molar-refractivity contribution is 5.90. The Morgan fingerprint density at radius 1 is 1.42 bits per heavy atom. The van der Waals surface area contributed by atoms with Crippen LogP contribution in [0.5, 0.6) is 0 Å². The Bertz CT molecular complexity index is 515. The van der Waals surface area contributed by atoms with Gasteiger partial charge in [0.2, 0.25) is 5.91 Å². The Morgan fingerprint density at radius 2 is 2.21 bits per heavy atom. The van der Waals surface area contributed by atoms with Gasteiger partial charge in [0, 0.05) is 19.0 Å². The predicted octanol–water partition coefficient (Wildman–Crippen LogP) is 2.04. The van der Waals surface area contributed by atoms with Gasteiger partial charge in [0.15, 0.2) is 0 Å². The molecule has 0 aromatic carbocycles. The third kappa shape index (κ3) is 5.68. The van der Waals surface area contributed by atoms with Gasteiger partial charge in [0.05, 0.1) is 12.0 Å². The standard InChI is InChI=1S/C14H16N2O3/c1-2-6-12(17)16-14-11(8-5-10-15-14)7-3-4-9-13(18)19/h5,8,10H,2,4,6,9H2,1H3,(H,18,19)(H,15,16,17). The Labute approximate surface area is 112 Å². The molecule has 0 saturated heterocycles. The second-order valence-corrected chi connectivity index (χ2v) is 3.89. The quantitative estimate of drug-likeness (QED) is 0.794. The zero-order valence-electron chi connectivity index (χ0n) is 10.8. The molecule has 0 aliphatic carbocycles. The fourth-order valence-corrected chi connectivity index (χ4v) is 1.35. The van der Waals surface area contributed by atoms with E-state index < -0.39 is 5.97 Å². The zero-order chi connectivity index (χ0) is 14.1. The molecule has 1 rings (SSSR count). The van der Waals surface area contributed by atoms with Crippen LogP contribution in [0.1, 0.15) is 38.2 Å². The number of aliphatic carboxylic acids is 1. The first kappa shape index (κ1) is 14.7. The van der Waals surface area contributed by atoms with Crippen LogP contribution in [0.3, 0.4) is 0 Å². The average Bonchev–Trinajstić information content (AvgIpc) is 2.36. The monoisotopic (exact) mass is 260 g/mol. The van der Waals surface area contributed by atoms with Crippen molar-refractivity contribution in [2.24, 2.45) is 0 Å². The molecule has 19 heavy (non-hydrogen) atoms. The number of pyridine rings is 1. The molecule has 2 N–H and O–H groups in total. The van der Waals surface area contributed by atoms with E-state index in [0.29, 0.717) is 17.8 Å². The molecule has 0 aliphatic rings. The van der Waals surface area contributed by atoms with Crippen molar-refractivity contribution in [3.8, 4) is 11.8 Å². The summed E-state index contributed by atoms with van der Waals surface area (Å²) in [6, 6.07) is 3.46. The summed E-state index contributed by atoms with van der Waals surface area (Å²) in [7, 11) is 0. The number of aromatic nitrogens is 1. The number of rotatable bonds is 5. The van der Waals surface area contributed by atoms with Gasteiger partial charge in [-0.3, -0.25) is 9.59 Å². The summed E-state index contributed by atoms with van der Waals surface area (Å²) in [6.07, 6.45) is 3.04. The van der Waals surface area contributed by atoms with Gasteiger partial charge in [-0.1, -0.05) is 18.8 Å². The van der Waals surface area contributed by atoms with Crippen molar-refractivity contribution in [1.29, 1.82) is 0 Å². The van der Waals surface area contributed by atoms with Crippen LogP contribution in [0.25, 0.3) is 0 Å². The van der Waals surface area contributed by atoms with Gasteiger partial charge in [-0.15, -0.1) is 0 Å². The number of amides is 1. The topological polar surface area (TPSA) is 79.3 Å². The van der Waals surface area contributed by atoms with E-state index in [4.69, 9.17) is 5.11 Å². The van der Waals surface area contributed by atoms with E-state index >= 15 is 0 Å². The molecule has 0 unspecified atom stereocenters. The minimum atomic E-state index is -0.878. The summed E-state index contributed by atoms with van der Waals surface area (Å²) < 4.78 is 0. The molecule has 1 amide bonds. The lowest BCUT2D eigenvalue weighted by molar-refractivity contribution is -0.136. The number of carbonyl (C=O) groups excluding carboxylic acids is 1. The molecule has 0 aliphatic heterocycles. The Balaban J connectivity index is 2.72. The van der Waals surface area contributed by atoms with Crippen LogP contribution in [0, 0.1) is 11.8 Å². The molecule has 0 bridgehead atoms. The minimum absolute atomic E-state index is 0.00475.